The fraction of sp³-hybridized carbons (Fsp3) is 0.917. The summed E-state index contributed by atoms with van der Waals surface area (Å²) >= 11 is 0. The first-order valence-electron chi connectivity index (χ1n) is 6.30. The van der Waals surface area contributed by atoms with Crippen LogP contribution in [-0.2, 0) is 4.79 Å². The first-order chi connectivity index (χ1) is 7.96. The van der Waals surface area contributed by atoms with Crippen molar-refractivity contribution in [1.29, 1.82) is 0 Å². The Labute approximate surface area is 99.2 Å². The van der Waals surface area contributed by atoms with Gasteiger partial charge in [0, 0.05) is 13.1 Å². The molecular weight excluding hydrogens is 231 g/mol. The number of piperidine rings is 1. The second kappa shape index (κ2) is 4.86. The Kier molecular flexibility index (Phi) is 3.64. The third-order valence-electron chi connectivity index (χ3n) is 4.00. The molecule has 0 spiro atoms. The molecule has 1 saturated carbocycles. The first kappa shape index (κ1) is 12.7. The van der Waals surface area contributed by atoms with Crippen LogP contribution in [0.2, 0.25) is 0 Å². The van der Waals surface area contributed by atoms with E-state index in [4.69, 9.17) is 0 Å². The quantitative estimate of drug-likeness (QED) is 0.699. The highest BCUT2D eigenvalue weighted by molar-refractivity contribution is 5.76. The summed E-state index contributed by atoms with van der Waals surface area (Å²) in [4.78, 5) is 12.9. The van der Waals surface area contributed by atoms with Crippen LogP contribution < -0.4 is 0 Å². The number of carbonyl (C=O) groups is 1. The SMILES string of the molecule is O=C(CC(F)(F)F)N1CCC2CCCCC2C1. The Balaban J connectivity index is 1.89. The third-order valence-corrected chi connectivity index (χ3v) is 4.00. The number of hydrogen-bond acceptors (Lipinski definition) is 1. The van der Waals surface area contributed by atoms with Gasteiger partial charge in [-0.25, -0.2) is 0 Å². The van der Waals surface area contributed by atoms with Gasteiger partial charge in [-0.05, 0) is 24.7 Å². The maximum absolute atomic E-state index is 12.1. The van der Waals surface area contributed by atoms with Crippen LogP contribution in [0, 0.1) is 11.8 Å². The lowest BCUT2D eigenvalue weighted by Gasteiger charge is -2.41. The van der Waals surface area contributed by atoms with Gasteiger partial charge < -0.3 is 4.90 Å². The van der Waals surface area contributed by atoms with Gasteiger partial charge in [0.2, 0.25) is 5.91 Å². The molecular formula is C12H18F3NO. The van der Waals surface area contributed by atoms with Crippen molar-refractivity contribution in [2.75, 3.05) is 13.1 Å². The summed E-state index contributed by atoms with van der Waals surface area (Å²) in [5, 5.41) is 0. The number of fused-ring (bicyclic) bond motifs is 1. The molecule has 98 valence electrons. The average molecular weight is 249 g/mol. The van der Waals surface area contributed by atoms with E-state index in [-0.39, 0.29) is 0 Å². The molecule has 0 N–H and O–H groups in total. The zero-order chi connectivity index (χ0) is 12.5. The lowest BCUT2D eigenvalue weighted by atomic mass is 9.75. The minimum absolute atomic E-state index is 0.440. The zero-order valence-electron chi connectivity index (χ0n) is 9.80. The van der Waals surface area contributed by atoms with E-state index >= 15 is 0 Å². The predicted molar refractivity (Wildman–Crippen MR) is 57.3 cm³/mol. The van der Waals surface area contributed by atoms with Crippen LogP contribution >= 0.6 is 0 Å². The normalized spacial score (nSPS) is 29.9. The second-order valence-corrected chi connectivity index (χ2v) is 5.22. The maximum atomic E-state index is 12.1. The number of halogens is 3. The second-order valence-electron chi connectivity index (χ2n) is 5.22. The van der Waals surface area contributed by atoms with Crippen LogP contribution in [0.5, 0.6) is 0 Å². The molecule has 0 aromatic rings. The predicted octanol–water partition coefficient (Wildman–Crippen LogP) is 2.98. The minimum atomic E-state index is -4.37. The fourth-order valence-corrected chi connectivity index (χ4v) is 3.11. The topological polar surface area (TPSA) is 20.3 Å². The molecule has 2 unspecified atom stereocenters. The van der Waals surface area contributed by atoms with E-state index in [1.54, 1.807) is 0 Å². The molecule has 0 aromatic carbocycles. The lowest BCUT2D eigenvalue weighted by molar-refractivity contribution is -0.163. The molecule has 1 amide bonds. The van der Waals surface area contributed by atoms with E-state index in [1.165, 1.54) is 17.7 Å². The number of nitrogens with zero attached hydrogens (tertiary/aromatic N) is 1. The van der Waals surface area contributed by atoms with Gasteiger partial charge in [0.15, 0.2) is 0 Å². The molecule has 17 heavy (non-hydrogen) atoms. The summed E-state index contributed by atoms with van der Waals surface area (Å²) in [7, 11) is 0. The standard InChI is InChI=1S/C12H18F3NO/c13-12(14,15)7-11(17)16-6-5-9-3-1-2-4-10(9)8-16/h9-10H,1-8H2. The van der Waals surface area contributed by atoms with E-state index in [1.807, 2.05) is 0 Å². The third kappa shape index (κ3) is 3.36. The molecule has 2 fully saturated rings. The van der Waals surface area contributed by atoms with Crippen molar-refractivity contribution in [2.45, 2.75) is 44.7 Å². The van der Waals surface area contributed by atoms with Crippen molar-refractivity contribution in [3.8, 4) is 0 Å². The van der Waals surface area contributed by atoms with Crippen LogP contribution in [-0.4, -0.2) is 30.1 Å². The molecule has 0 radical (unpaired) electrons. The number of rotatable bonds is 1. The van der Waals surface area contributed by atoms with Crippen LogP contribution in [0.15, 0.2) is 0 Å². The van der Waals surface area contributed by atoms with E-state index in [0.29, 0.717) is 24.9 Å². The molecule has 5 heteroatoms. The Morgan fingerprint density at radius 3 is 2.41 bits per heavy atom. The van der Waals surface area contributed by atoms with Gasteiger partial charge in [-0.15, -0.1) is 0 Å². The average Bonchev–Trinajstić information content (AvgIpc) is 2.26. The van der Waals surface area contributed by atoms with Crippen molar-refractivity contribution < 1.29 is 18.0 Å². The number of amides is 1. The molecule has 2 aliphatic rings. The van der Waals surface area contributed by atoms with Crippen LogP contribution in [0.25, 0.3) is 0 Å². The van der Waals surface area contributed by atoms with Crippen LogP contribution in [0.1, 0.15) is 38.5 Å². The van der Waals surface area contributed by atoms with Crippen LogP contribution in [0.3, 0.4) is 0 Å². The Morgan fingerprint density at radius 1 is 1.12 bits per heavy atom. The molecule has 2 atom stereocenters. The Hall–Kier alpha value is -0.740. The van der Waals surface area contributed by atoms with E-state index in [2.05, 4.69) is 0 Å². The summed E-state index contributed by atoms with van der Waals surface area (Å²) in [6.45, 7) is 1.05. The molecule has 1 heterocycles. The van der Waals surface area contributed by atoms with E-state index in [9.17, 15) is 18.0 Å². The van der Waals surface area contributed by atoms with Gasteiger partial charge in [0.05, 0.1) is 0 Å². The Bertz CT molecular complexity index is 290. The zero-order valence-corrected chi connectivity index (χ0v) is 9.80. The van der Waals surface area contributed by atoms with Gasteiger partial charge in [-0.1, -0.05) is 19.3 Å². The smallest absolute Gasteiger partial charge is 0.342 e. The highest BCUT2D eigenvalue weighted by Gasteiger charge is 2.37. The molecule has 2 nitrogen and oxygen atoms in total. The highest BCUT2D eigenvalue weighted by Crippen LogP contribution is 2.36. The monoisotopic (exact) mass is 249 g/mol. The Morgan fingerprint density at radius 2 is 1.76 bits per heavy atom. The van der Waals surface area contributed by atoms with Gasteiger partial charge in [0.1, 0.15) is 6.42 Å². The van der Waals surface area contributed by atoms with Crippen molar-refractivity contribution in [3.63, 3.8) is 0 Å². The number of carbonyl (C=O) groups excluding carboxylic acids is 1. The first-order valence-corrected chi connectivity index (χ1v) is 6.30. The lowest BCUT2D eigenvalue weighted by Crippen LogP contribution is -2.45. The minimum Gasteiger partial charge on any atom is -0.342 e. The molecule has 1 saturated heterocycles. The largest absolute Gasteiger partial charge is 0.397 e. The number of alkyl halides is 3. The number of likely N-dealkylation sites (tertiary alicyclic amines) is 1. The van der Waals surface area contributed by atoms with Crippen LogP contribution in [0.4, 0.5) is 13.2 Å². The molecule has 1 aliphatic heterocycles. The van der Waals surface area contributed by atoms with Gasteiger partial charge in [-0.3, -0.25) is 4.79 Å². The van der Waals surface area contributed by atoms with Crippen molar-refractivity contribution in [3.05, 3.63) is 0 Å². The maximum Gasteiger partial charge on any atom is 0.397 e. The fourth-order valence-electron chi connectivity index (χ4n) is 3.11. The van der Waals surface area contributed by atoms with Crippen molar-refractivity contribution in [2.24, 2.45) is 11.8 Å². The van der Waals surface area contributed by atoms with Gasteiger partial charge in [-0.2, -0.15) is 13.2 Å². The summed E-state index contributed by atoms with van der Waals surface area (Å²) in [6.07, 6.45) is -0.147. The van der Waals surface area contributed by atoms with Gasteiger partial charge in [0.25, 0.3) is 0 Å². The molecule has 0 aromatic heterocycles. The summed E-state index contributed by atoms with van der Waals surface area (Å²) < 4.78 is 36.4. The van der Waals surface area contributed by atoms with E-state index in [0.717, 1.165) is 19.3 Å². The summed E-state index contributed by atoms with van der Waals surface area (Å²) in [5.41, 5.74) is 0. The molecule has 2 rings (SSSR count). The van der Waals surface area contributed by atoms with Gasteiger partial charge >= 0.3 is 6.18 Å². The van der Waals surface area contributed by atoms with E-state index < -0.39 is 18.5 Å². The van der Waals surface area contributed by atoms with Crippen molar-refractivity contribution >= 4 is 5.91 Å². The molecule has 0 bridgehead atoms. The summed E-state index contributed by atoms with van der Waals surface area (Å²) in [6, 6.07) is 0. The highest BCUT2D eigenvalue weighted by atomic mass is 19.4. The molecule has 1 aliphatic carbocycles. The number of hydrogen-bond donors (Lipinski definition) is 0. The van der Waals surface area contributed by atoms with Crippen molar-refractivity contribution in [1.82, 2.24) is 4.90 Å². The summed E-state index contributed by atoms with van der Waals surface area (Å²) in [5.74, 6) is 0.329.